The molecule has 4 nitrogen and oxygen atoms in total. The van der Waals surface area contributed by atoms with Crippen molar-refractivity contribution in [1.29, 1.82) is 0 Å². The molecule has 4 heteroatoms. The van der Waals surface area contributed by atoms with E-state index >= 15 is 0 Å². The van der Waals surface area contributed by atoms with Crippen LogP contribution in [-0.2, 0) is 4.74 Å². The summed E-state index contributed by atoms with van der Waals surface area (Å²) in [7, 11) is 0. The topological polar surface area (TPSA) is 38.8 Å². The third-order valence-corrected chi connectivity index (χ3v) is 3.45. The summed E-state index contributed by atoms with van der Waals surface area (Å²) < 4.78 is 10.8. The van der Waals surface area contributed by atoms with Gasteiger partial charge in [-0.15, -0.1) is 13.0 Å². The van der Waals surface area contributed by atoms with Gasteiger partial charge in [0, 0.05) is 12.2 Å². The van der Waals surface area contributed by atoms with Crippen molar-refractivity contribution in [3.63, 3.8) is 0 Å². The average Bonchev–Trinajstić information content (AvgIpc) is 2.65. The second-order valence-electron chi connectivity index (χ2n) is 5.13. The van der Waals surface area contributed by atoms with Crippen LogP contribution in [0.2, 0.25) is 0 Å². The molecule has 2 aromatic carbocycles. The molecule has 0 aliphatic carbocycles. The number of carbonyl (C=O) groups is 1. The third-order valence-electron chi connectivity index (χ3n) is 3.45. The summed E-state index contributed by atoms with van der Waals surface area (Å²) in [6.07, 6.45) is 7.10. The summed E-state index contributed by atoms with van der Waals surface area (Å²) in [5.41, 5.74) is 2.13. The van der Waals surface area contributed by atoms with Crippen LogP contribution in [0.15, 0.2) is 61.2 Å². The van der Waals surface area contributed by atoms with E-state index in [-0.39, 0.29) is 12.6 Å². The summed E-state index contributed by atoms with van der Waals surface area (Å²) in [6, 6.07) is 14.9. The molecule has 0 aromatic heterocycles. The van der Waals surface area contributed by atoms with Crippen LogP contribution in [0, 0.1) is 12.3 Å². The van der Waals surface area contributed by atoms with Crippen molar-refractivity contribution in [3.8, 4) is 18.1 Å². The van der Waals surface area contributed by atoms with Gasteiger partial charge in [-0.3, -0.25) is 0 Å². The molecule has 0 saturated carbocycles. The van der Waals surface area contributed by atoms with Gasteiger partial charge in [-0.1, -0.05) is 30.2 Å². The van der Waals surface area contributed by atoms with Crippen molar-refractivity contribution in [2.75, 3.05) is 24.7 Å². The highest BCUT2D eigenvalue weighted by molar-refractivity contribution is 5.92. The van der Waals surface area contributed by atoms with Gasteiger partial charge in [-0.25, -0.2) is 4.79 Å². The van der Waals surface area contributed by atoms with Crippen molar-refractivity contribution < 1.29 is 14.3 Å². The van der Waals surface area contributed by atoms with Crippen molar-refractivity contribution >= 4 is 17.3 Å². The number of benzene rings is 2. The molecule has 0 amide bonds. The number of rotatable bonds is 8. The lowest BCUT2D eigenvalue weighted by Crippen LogP contribution is -2.18. The van der Waals surface area contributed by atoms with Crippen LogP contribution >= 0.6 is 0 Å². The van der Waals surface area contributed by atoms with Gasteiger partial charge in [0.15, 0.2) is 0 Å². The Morgan fingerprint density at radius 1 is 1.28 bits per heavy atom. The van der Waals surface area contributed by atoms with E-state index in [1.165, 1.54) is 0 Å². The lowest BCUT2D eigenvalue weighted by Gasteiger charge is -2.26. The number of hydrogen-bond acceptors (Lipinski definition) is 4. The van der Waals surface area contributed by atoms with E-state index in [0.29, 0.717) is 24.5 Å². The summed E-state index contributed by atoms with van der Waals surface area (Å²) in [5.74, 6) is 2.68. The molecule has 0 aliphatic heterocycles. The number of nitrogens with zero attached hydrogens (tertiary/aromatic N) is 1. The van der Waals surface area contributed by atoms with Crippen molar-refractivity contribution in [1.82, 2.24) is 0 Å². The molecular weight excluding hydrogens is 314 g/mol. The highest BCUT2D eigenvalue weighted by Gasteiger charge is 2.17. The molecule has 2 aromatic rings. The van der Waals surface area contributed by atoms with E-state index in [2.05, 4.69) is 12.5 Å². The first-order valence-electron chi connectivity index (χ1n) is 8.02. The Morgan fingerprint density at radius 3 is 2.68 bits per heavy atom. The summed E-state index contributed by atoms with van der Waals surface area (Å²) in [5, 5.41) is 0. The normalized spacial score (nSPS) is 9.76. The Kier molecular flexibility index (Phi) is 6.67. The zero-order chi connectivity index (χ0) is 18.1. The molecule has 0 atom stereocenters. The number of para-hydroxylation sites is 1. The number of carbonyl (C=O) groups excluding carboxylic acids is 1. The molecule has 25 heavy (non-hydrogen) atoms. The van der Waals surface area contributed by atoms with E-state index < -0.39 is 0 Å². The smallest absolute Gasteiger partial charge is 0.338 e. The van der Waals surface area contributed by atoms with Crippen LogP contribution in [-0.4, -0.2) is 25.7 Å². The first-order chi connectivity index (χ1) is 12.2. The third kappa shape index (κ3) is 4.65. The molecule has 128 valence electrons. The largest absolute Gasteiger partial charge is 0.479 e. The molecule has 2 rings (SSSR count). The lowest BCUT2D eigenvalue weighted by atomic mass is 10.1. The number of anilines is 2. The molecular formula is C21H21NO3. The van der Waals surface area contributed by atoms with Gasteiger partial charge in [0.1, 0.15) is 12.4 Å². The molecule has 0 unspecified atom stereocenters. The van der Waals surface area contributed by atoms with Crippen LogP contribution in [0.3, 0.4) is 0 Å². The van der Waals surface area contributed by atoms with Crippen LogP contribution in [0.4, 0.5) is 11.4 Å². The maximum absolute atomic E-state index is 12.1. The number of esters is 1. The van der Waals surface area contributed by atoms with E-state index in [1.807, 2.05) is 35.2 Å². The molecule has 0 heterocycles. The second kappa shape index (κ2) is 9.19. The minimum Gasteiger partial charge on any atom is -0.479 e. The van der Waals surface area contributed by atoms with Gasteiger partial charge >= 0.3 is 5.97 Å². The van der Waals surface area contributed by atoms with E-state index in [1.54, 1.807) is 31.2 Å². The maximum Gasteiger partial charge on any atom is 0.338 e. The second-order valence-corrected chi connectivity index (χ2v) is 5.13. The highest BCUT2D eigenvalue weighted by Crippen LogP contribution is 2.35. The maximum atomic E-state index is 12.1. The molecule has 0 aliphatic rings. The Labute approximate surface area is 148 Å². The fourth-order valence-corrected chi connectivity index (χ4v) is 2.39. The van der Waals surface area contributed by atoms with Crippen LogP contribution in [0.5, 0.6) is 5.75 Å². The highest BCUT2D eigenvalue weighted by atomic mass is 16.5. The SMILES string of the molecule is C#CCOc1ccc(C(=O)OCC)cc1N(CC=C)c1ccccc1. The van der Waals surface area contributed by atoms with Crippen molar-refractivity contribution in [3.05, 3.63) is 66.7 Å². The number of terminal acetylenes is 1. The van der Waals surface area contributed by atoms with Crippen molar-refractivity contribution in [2.45, 2.75) is 6.92 Å². The number of hydrogen-bond donors (Lipinski definition) is 0. The molecule has 0 spiro atoms. The Hall–Kier alpha value is -3.19. The molecule has 0 saturated heterocycles. The van der Waals surface area contributed by atoms with Crippen LogP contribution in [0.25, 0.3) is 0 Å². The fourth-order valence-electron chi connectivity index (χ4n) is 2.39. The fraction of sp³-hybridized carbons (Fsp3) is 0.190. The zero-order valence-electron chi connectivity index (χ0n) is 14.3. The summed E-state index contributed by atoms with van der Waals surface area (Å²) in [4.78, 5) is 14.1. The van der Waals surface area contributed by atoms with Gasteiger partial charge in [0.2, 0.25) is 0 Å². The molecule has 0 N–H and O–H groups in total. The van der Waals surface area contributed by atoms with Gasteiger partial charge in [-0.2, -0.15) is 0 Å². The first kappa shape index (κ1) is 18.2. The first-order valence-corrected chi connectivity index (χ1v) is 8.02. The molecule has 0 bridgehead atoms. The van der Waals surface area contributed by atoms with Crippen LogP contribution < -0.4 is 9.64 Å². The minimum atomic E-state index is -0.376. The average molecular weight is 335 g/mol. The Balaban J connectivity index is 2.51. The Morgan fingerprint density at radius 2 is 2.04 bits per heavy atom. The minimum absolute atomic E-state index is 0.141. The standard InChI is InChI=1S/C21H21NO3/c1-4-14-22(18-10-8-7-9-11-18)19-16-17(21(23)24-6-3)12-13-20(19)25-15-5-2/h2,4,7-13,16H,1,6,14-15H2,3H3. The predicted molar refractivity (Wildman–Crippen MR) is 100 cm³/mol. The molecule has 0 fully saturated rings. The zero-order valence-corrected chi connectivity index (χ0v) is 14.3. The van der Waals surface area contributed by atoms with E-state index in [9.17, 15) is 4.79 Å². The lowest BCUT2D eigenvalue weighted by molar-refractivity contribution is 0.0526. The van der Waals surface area contributed by atoms with Gasteiger partial charge < -0.3 is 14.4 Å². The summed E-state index contributed by atoms with van der Waals surface area (Å²) >= 11 is 0. The van der Waals surface area contributed by atoms with Gasteiger partial charge in [-0.05, 0) is 37.3 Å². The van der Waals surface area contributed by atoms with Crippen LogP contribution in [0.1, 0.15) is 17.3 Å². The van der Waals surface area contributed by atoms with Gasteiger partial charge in [0.05, 0.1) is 17.9 Å². The molecule has 0 radical (unpaired) electrons. The van der Waals surface area contributed by atoms with E-state index in [0.717, 1.165) is 11.4 Å². The summed E-state index contributed by atoms with van der Waals surface area (Å²) in [6.45, 7) is 6.60. The van der Waals surface area contributed by atoms with E-state index in [4.69, 9.17) is 15.9 Å². The van der Waals surface area contributed by atoms with Crippen molar-refractivity contribution in [2.24, 2.45) is 0 Å². The monoisotopic (exact) mass is 335 g/mol. The Bertz CT molecular complexity index is 762. The van der Waals surface area contributed by atoms with Gasteiger partial charge in [0.25, 0.3) is 0 Å². The predicted octanol–water partition coefficient (Wildman–Crippen LogP) is 4.20. The number of ether oxygens (including phenoxy) is 2. The quantitative estimate of drug-likeness (QED) is 0.412.